The van der Waals surface area contributed by atoms with Gasteiger partial charge in [0, 0.05) is 4.47 Å². The largest absolute Gasteiger partial charge is 0.482 e. The molecule has 0 aromatic heterocycles. The molecule has 7 heteroatoms. The van der Waals surface area contributed by atoms with Crippen LogP contribution in [0.1, 0.15) is 5.56 Å². The van der Waals surface area contributed by atoms with Crippen LogP contribution in [0.4, 0.5) is 11.4 Å². The molecule has 0 bridgehead atoms. The van der Waals surface area contributed by atoms with Gasteiger partial charge in [-0.3, -0.25) is 4.79 Å². The Bertz CT molecular complexity index is 679. The molecule has 1 amide bonds. The third-order valence-electron chi connectivity index (χ3n) is 2.85. The molecular formula is C15H13Br2ClN2O2. The first-order valence-corrected chi connectivity index (χ1v) is 8.27. The molecule has 4 nitrogen and oxygen atoms in total. The number of para-hydroxylation sites is 1. The summed E-state index contributed by atoms with van der Waals surface area (Å²) < 4.78 is 7.27. The summed E-state index contributed by atoms with van der Waals surface area (Å²) in [6.07, 6.45) is 0. The zero-order valence-corrected chi connectivity index (χ0v) is 15.5. The van der Waals surface area contributed by atoms with E-state index in [0.29, 0.717) is 22.1 Å². The SMILES string of the molecule is Cc1cc(Br)cc(Br)c1OCC(=O)Nc1c(N)cccc1Cl. The van der Waals surface area contributed by atoms with Crippen molar-refractivity contribution in [3.63, 3.8) is 0 Å². The molecule has 0 aliphatic carbocycles. The number of carbonyl (C=O) groups is 1. The number of hydrogen-bond acceptors (Lipinski definition) is 3. The number of halogens is 3. The Labute approximate surface area is 150 Å². The van der Waals surface area contributed by atoms with Gasteiger partial charge in [0.2, 0.25) is 0 Å². The average Bonchev–Trinajstić information content (AvgIpc) is 2.42. The molecule has 0 saturated heterocycles. The van der Waals surface area contributed by atoms with E-state index in [4.69, 9.17) is 22.1 Å². The standard InChI is InChI=1S/C15H13Br2ClN2O2/c1-8-5-9(16)6-10(17)15(8)22-7-13(21)20-14-11(18)3-2-4-12(14)19/h2-6H,7,19H2,1H3,(H,20,21). The van der Waals surface area contributed by atoms with Crippen molar-refractivity contribution in [1.29, 1.82) is 0 Å². The number of benzene rings is 2. The predicted molar refractivity (Wildman–Crippen MR) is 96.6 cm³/mol. The Kier molecular flexibility index (Phi) is 5.72. The lowest BCUT2D eigenvalue weighted by molar-refractivity contribution is -0.118. The second kappa shape index (κ2) is 7.35. The van der Waals surface area contributed by atoms with E-state index in [-0.39, 0.29) is 12.5 Å². The summed E-state index contributed by atoms with van der Waals surface area (Å²) in [5.41, 5.74) is 7.50. The van der Waals surface area contributed by atoms with Crippen LogP contribution < -0.4 is 15.8 Å². The average molecular weight is 449 g/mol. The van der Waals surface area contributed by atoms with Crippen molar-refractivity contribution in [1.82, 2.24) is 0 Å². The lowest BCUT2D eigenvalue weighted by atomic mass is 10.2. The first-order valence-electron chi connectivity index (χ1n) is 6.30. The van der Waals surface area contributed by atoms with Gasteiger partial charge in [0.25, 0.3) is 5.91 Å². The van der Waals surface area contributed by atoms with Crippen molar-refractivity contribution >= 4 is 60.7 Å². The number of anilines is 2. The van der Waals surface area contributed by atoms with Crippen molar-refractivity contribution in [2.24, 2.45) is 0 Å². The molecule has 0 fully saturated rings. The smallest absolute Gasteiger partial charge is 0.262 e. The molecular weight excluding hydrogens is 435 g/mol. The minimum absolute atomic E-state index is 0.147. The maximum Gasteiger partial charge on any atom is 0.262 e. The topological polar surface area (TPSA) is 64.3 Å². The van der Waals surface area contributed by atoms with Crippen LogP contribution in [0, 0.1) is 6.92 Å². The number of rotatable bonds is 4. The number of aryl methyl sites for hydroxylation is 1. The van der Waals surface area contributed by atoms with Gasteiger partial charge < -0.3 is 15.8 Å². The zero-order valence-electron chi connectivity index (χ0n) is 11.6. The fraction of sp³-hybridized carbons (Fsp3) is 0.133. The van der Waals surface area contributed by atoms with Gasteiger partial charge in [-0.05, 0) is 52.7 Å². The third kappa shape index (κ3) is 4.15. The van der Waals surface area contributed by atoms with Gasteiger partial charge in [-0.25, -0.2) is 0 Å². The molecule has 0 radical (unpaired) electrons. The predicted octanol–water partition coefficient (Wildman–Crippen LogP) is 4.77. The highest BCUT2D eigenvalue weighted by molar-refractivity contribution is 9.11. The minimum atomic E-state index is -0.339. The number of carbonyl (C=O) groups excluding carboxylic acids is 1. The zero-order chi connectivity index (χ0) is 16.3. The van der Waals surface area contributed by atoms with Gasteiger partial charge in [0.15, 0.2) is 6.61 Å². The Morgan fingerprint density at radius 3 is 2.73 bits per heavy atom. The lowest BCUT2D eigenvalue weighted by Gasteiger charge is -2.13. The Morgan fingerprint density at radius 1 is 1.36 bits per heavy atom. The van der Waals surface area contributed by atoms with Crippen LogP contribution >= 0.6 is 43.5 Å². The van der Waals surface area contributed by atoms with Gasteiger partial charge in [-0.2, -0.15) is 0 Å². The summed E-state index contributed by atoms with van der Waals surface area (Å²) in [6, 6.07) is 8.80. The number of nitrogens with two attached hydrogens (primary N) is 1. The summed E-state index contributed by atoms with van der Waals surface area (Å²) in [6.45, 7) is 1.75. The Hall–Kier alpha value is -1.24. The first-order chi connectivity index (χ1) is 10.4. The maximum atomic E-state index is 12.0. The van der Waals surface area contributed by atoms with Gasteiger partial charge >= 0.3 is 0 Å². The molecule has 2 aromatic rings. The summed E-state index contributed by atoms with van der Waals surface area (Å²) in [5.74, 6) is 0.277. The molecule has 3 N–H and O–H groups in total. The maximum absolute atomic E-state index is 12.0. The number of nitrogen functional groups attached to an aromatic ring is 1. The van der Waals surface area contributed by atoms with Crippen molar-refractivity contribution in [2.45, 2.75) is 6.92 Å². The van der Waals surface area contributed by atoms with Crippen LogP contribution in [-0.2, 0) is 4.79 Å². The summed E-state index contributed by atoms with van der Waals surface area (Å²) >= 11 is 12.8. The Morgan fingerprint density at radius 2 is 2.09 bits per heavy atom. The number of nitrogens with one attached hydrogen (secondary N) is 1. The van der Waals surface area contributed by atoms with Gasteiger partial charge in [-0.15, -0.1) is 0 Å². The highest BCUT2D eigenvalue weighted by atomic mass is 79.9. The highest BCUT2D eigenvalue weighted by Crippen LogP contribution is 2.32. The van der Waals surface area contributed by atoms with E-state index in [1.807, 2.05) is 19.1 Å². The molecule has 22 heavy (non-hydrogen) atoms. The van der Waals surface area contributed by atoms with E-state index >= 15 is 0 Å². The molecule has 2 aromatic carbocycles. The van der Waals surface area contributed by atoms with Crippen LogP contribution in [0.5, 0.6) is 5.75 Å². The number of ether oxygens (including phenoxy) is 1. The van der Waals surface area contributed by atoms with Crippen LogP contribution in [0.3, 0.4) is 0 Å². The normalized spacial score (nSPS) is 10.4. The van der Waals surface area contributed by atoms with E-state index in [2.05, 4.69) is 37.2 Å². The lowest BCUT2D eigenvalue weighted by Crippen LogP contribution is -2.21. The number of hydrogen-bond donors (Lipinski definition) is 2. The van der Waals surface area contributed by atoms with E-state index in [9.17, 15) is 4.79 Å². The monoisotopic (exact) mass is 446 g/mol. The van der Waals surface area contributed by atoms with Crippen LogP contribution in [0.2, 0.25) is 5.02 Å². The van der Waals surface area contributed by atoms with Gasteiger partial charge in [-0.1, -0.05) is 33.6 Å². The molecule has 0 saturated carbocycles. The van der Waals surface area contributed by atoms with E-state index < -0.39 is 0 Å². The van der Waals surface area contributed by atoms with Crippen LogP contribution in [0.15, 0.2) is 39.3 Å². The number of amides is 1. The third-order valence-corrected chi connectivity index (χ3v) is 4.21. The van der Waals surface area contributed by atoms with Gasteiger partial charge in [0.1, 0.15) is 5.75 Å². The molecule has 0 heterocycles. The minimum Gasteiger partial charge on any atom is -0.482 e. The summed E-state index contributed by atoms with van der Waals surface area (Å²) in [5, 5.41) is 3.04. The second-order valence-corrected chi connectivity index (χ2v) is 6.75. The molecule has 116 valence electrons. The van der Waals surface area contributed by atoms with Crippen LogP contribution in [-0.4, -0.2) is 12.5 Å². The van der Waals surface area contributed by atoms with Crippen LogP contribution in [0.25, 0.3) is 0 Å². The van der Waals surface area contributed by atoms with E-state index in [1.54, 1.807) is 18.2 Å². The summed E-state index contributed by atoms with van der Waals surface area (Å²) in [4.78, 5) is 12.0. The second-order valence-electron chi connectivity index (χ2n) is 4.57. The van der Waals surface area contributed by atoms with E-state index in [1.165, 1.54) is 0 Å². The molecule has 0 spiro atoms. The fourth-order valence-corrected chi connectivity index (χ4v) is 3.64. The highest BCUT2D eigenvalue weighted by Gasteiger charge is 2.12. The summed E-state index contributed by atoms with van der Waals surface area (Å²) in [7, 11) is 0. The van der Waals surface area contributed by atoms with Crippen molar-refractivity contribution < 1.29 is 9.53 Å². The Balaban J connectivity index is 2.05. The molecule has 0 atom stereocenters. The van der Waals surface area contributed by atoms with Gasteiger partial charge in [0.05, 0.1) is 20.9 Å². The fourth-order valence-electron chi connectivity index (χ4n) is 1.86. The molecule has 0 aliphatic rings. The molecule has 2 rings (SSSR count). The molecule has 0 unspecified atom stereocenters. The molecule has 0 aliphatic heterocycles. The quantitative estimate of drug-likeness (QED) is 0.662. The van der Waals surface area contributed by atoms with E-state index in [0.717, 1.165) is 14.5 Å². The van der Waals surface area contributed by atoms with Crippen molar-refractivity contribution in [3.05, 3.63) is 49.9 Å². The van der Waals surface area contributed by atoms with Crippen molar-refractivity contribution in [2.75, 3.05) is 17.7 Å². The first kappa shape index (κ1) is 17.1. The van der Waals surface area contributed by atoms with Crippen molar-refractivity contribution in [3.8, 4) is 5.75 Å².